The molecule has 5 aliphatic rings. The molecule has 1 aromatic rings. The highest BCUT2D eigenvalue weighted by molar-refractivity contribution is 5.85. The van der Waals surface area contributed by atoms with Gasteiger partial charge in [-0.1, -0.05) is 19.1 Å². The van der Waals surface area contributed by atoms with Crippen LogP contribution in [0.4, 0.5) is 4.39 Å². The van der Waals surface area contributed by atoms with E-state index in [1.54, 1.807) is 0 Å². The molecule has 4 nitrogen and oxygen atoms in total. The average Bonchev–Trinajstić information content (AvgIpc) is 2.68. The van der Waals surface area contributed by atoms with Crippen molar-refractivity contribution < 1.29 is 13.9 Å². The van der Waals surface area contributed by atoms with Crippen molar-refractivity contribution in [3.8, 4) is 0 Å². The molecule has 3 atom stereocenters. The van der Waals surface area contributed by atoms with Crippen molar-refractivity contribution in [2.45, 2.75) is 51.5 Å². The third kappa shape index (κ3) is 4.13. The maximum atomic E-state index is 13.5. The Morgan fingerprint density at radius 1 is 1.17 bits per heavy atom. The highest BCUT2D eigenvalue weighted by Crippen LogP contribution is 2.65. The summed E-state index contributed by atoms with van der Waals surface area (Å²) >= 11 is 0. The smallest absolute Gasteiger partial charge is 0.226 e. The Morgan fingerprint density at radius 2 is 1.80 bits per heavy atom. The maximum Gasteiger partial charge on any atom is 0.226 e. The van der Waals surface area contributed by atoms with Crippen LogP contribution in [-0.2, 0) is 9.53 Å². The maximum absolute atomic E-state index is 13.5. The van der Waals surface area contributed by atoms with Gasteiger partial charge in [-0.25, -0.2) is 4.39 Å². The van der Waals surface area contributed by atoms with Gasteiger partial charge >= 0.3 is 0 Å². The van der Waals surface area contributed by atoms with Gasteiger partial charge < -0.3 is 10.1 Å². The van der Waals surface area contributed by atoms with E-state index in [1.165, 1.54) is 31.4 Å². The van der Waals surface area contributed by atoms with Crippen LogP contribution in [0.2, 0.25) is 0 Å². The first-order valence-electron chi connectivity index (χ1n) is 11.3. The van der Waals surface area contributed by atoms with Crippen molar-refractivity contribution in [3.05, 3.63) is 35.6 Å². The summed E-state index contributed by atoms with van der Waals surface area (Å²) in [5, 5.41) is 3.35. The Labute approximate surface area is 185 Å². The first kappa shape index (κ1) is 22.0. The van der Waals surface area contributed by atoms with E-state index in [2.05, 4.69) is 17.1 Å². The van der Waals surface area contributed by atoms with Crippen molar-refractivity contribution in [2.24, 2.45) is 22.7 Å². The molecule has 1 saturated heterocycles. The van der Waals surface area contributed by atoms with Crippen molar-refractivity contribution in [1.29, 1.82) is 0 Å². The molecule has 3 unspecified atom stereocenters. The number of nitrogens with one attached hydrogen (secondary N) is 1. The lowest BCUT2D eigenvalue weighted by Gasteiger charge is -2.60. The quantitative estimate of drug-likeness (QED) is 0.746. The zero-order valence-corrected chi connectivity index (χ0v) is 18.7. The number of carbonyl (C=O) groups is 1. The van der Waals surface area contributed by atoms with Crippen LogP contribution in [0.25, 0.3) is 0 Å². The van der Waals surface area contributed by atoms with Crippen molar-refractivity contribution in [2.75, 3.05) is 32.8 Å². The summed E-state index contributed by atoms with van der Waals surface area (Å²) in [7, 11) is 0. The molecular formula is C24H34ClFN2O2. The van der Waals surface area contributed by atoms with Gasteiger partial charge in [-0.2, -0.15) is 0 Å². The standard InChI is InChI=1S/C24H33FN2O2.ClH/c1-23-11-17-10-18(12-23)14-24(13-17,16-23)22(28)26-15-21(27-6-8-29-9-7-27)19-2-4-20(25)5-3-19;/h2-5,17-18,21H,6-16H2,1H3,(H,26,28);1H. The lowest BCUT2D eigenvalue weighted by Crippen LogP contribution is -2.57. The average molecular weight is 437 g/mol. The first-order valence-corrected chi connectivity index (χ1v) is 11.3. The molecule has 6 rings (SSSR count). The van der Waals surface area contributed by atoms with Crippen molar-refractivity contribution >= 4 is 18.3 Å². The second-order valence-corrected chi connectivity index (χ2v) is 10.5. The minimum Gasteiger partial charge on any atom is -0.379 e. The number of hydrogen-bond donors (Lipinski definition) is 1. The topological polar surface area (TPSA) is 41.6 Å². The normalized spacial score (nSPS) is 36.2. The summed E-state index contributed by atoms with van der Waals surface area (Å²) in [4.78, 5) is 15.9. The number of rotatable bonds is 5. The molecule has 0 aromatic heterocycles. The van der Waals surface area contributed by atoms with Crippen LogP contribution >= 0.6 is 12.4 Å². The van der Waals surface area contributed by atoms with Gasteiger partial charge in [0.05, 0.1) is 24.7 Å². The zero-order valence-electron chi connectivity index (χ0n) is 17.9. The molecule has 4 bridgehead atoms. The molecule has 0 radical (unpaired) electrons. The molecule has 4 saturated carbocycles. The Balaban J connectivity index is 0.00000218. The summed E-state index contributed by atoms with van der Waals surface area (Å²) in [5.41, 5.74) is 1.27. The Hall–Kier alpha value is -1.17. The van der Waals surface area contributed by atoms with Crippen LogP contribution in [0.3, 0.4) is 0 Å². The highest BCUT2D eigenvalue weighted by atomic mass is 35.5. The Bertz CT molecular complexity index is 751. The fourth-order valence-electron chi connectivity index (χ4n) is 7.39. The fourth-order valence-corrected chi connectivity index (χ4v) is 7.39. The van der Waals surface area contributed by atoms with Crippen LogP contribution in [-0.4, -0.2) is 43.7 Å². The molecule has 1 heterocycles. The highest BCUT2D eigenvalue weighted by Gasteiger charge is 2.58. The van der Waals surface area contributed by atoms with Crippen molar-refractivity contribution in [3.63, 3.8) is 0 Å². The van der Waals surface area contributed by atoms with Gasteiger partial charge in [0.2, 0.25) is 5.91 Å². The molecule has 166 valence electrons. The molecule has 0 spiro atoms. The summed E-state index contributed by atoms with van der Waals surface area (Å²) in [6, 6.07) is 6.81. The van der Waals surface area contributed by atoms with Gasteiger partial charge in [0, 0.05) is 19.6 Å². The van der Waals surface area contributed by atoms with Gasteiger partial charge in [0.25, 0.3) is 0 Å². The number of amides is 1. The van der Waals surface area contributed by atoms with Gasteiger partial charge in [-0.05, 0) is 73.5 Å². The van der Waals surface area contributed by atoms with Crippen LogP contribution in [0.5, 0.6) is 0 Å². The van der Waals surface area contributed by atoms with E-state index in [-0.39, 0.29) is 35.6 Å². The first-order chi connectivity index (χ1) is 13.9. The van der Waals surface area contributed by atoms with Crippen molar-refractivity contribution in [1.82, 2.24) is 10.2 Å². The number of nitrogens with zero attached hydrogens (tertiary/aromatic N) is 1. The number of ether oxygens (including phenoxy) is 1. The van der Waals surface area contributed by atoms with E-state index in [9.17, 15) is 9.18 Å². The summed E-state index contributed by atoms with van der Waals surface area (Å²) in [6.07, 6.45) is 7.15. The van der Waals surface area contributed by atoms with E-state index in [0.717, 1.165) is 49.8 Å². The molecule has 30 heavy (non-hydrogen) atoms. The largest absolute Gasteiger partial charge is 0.379 e. The number of morpholine rings is 1. The lowest BCUT2D eigenvalue weighted by molar-refractivity contribution is -0.155. The number of halogens is 2. The van der Waals surface area contributed by atoms with E-state index >= 15 is 0 Å². The van der Waals surface area contributed by atoms with Gasteiger partial charge in [-0.3, -0.25) is 9.69 Å². The van der Waals surface area contributed by atoms with E-state index < -0.39 is 0 Å². The third-order valence-corrected chi connectivity index (χ3v) is 8.03. The zero-order chi connectivity index (χ0) is 20.1. The summed E-state index contributed by atoms with van der Waals surface area (Å²) < 4.78 is 19.0. The molecule has 1 aliphatic heterocycles. The SMILES string of the molecule is CC12CC3CC(C1)CC(C(=O)NCC(c1ccc(F)cc1)N1CCOCC1)(C3)C2.Cl. The lowest BCUT2D eigenvalue weighted by atomic mass is 9.44. The van der Waals surface area contributed by atoms with Crippen LogP contribution in [0.15, 0.2) is 24.3 Å². The Morgan fingerprint density at radius 3 is 2.40 bits per heavy atom. The summed E-state index contributed by atoms with van der Waals surface area (Å²) in [6.45, 7) is 6.07. The number of hydrogen-bond acceptors (Lipinski definition) is 3. The second kappa shape index (κ2) is 8.40. The van der Waals surface area contributed by atoms with Gasteiger partial charge in [0.15, 0.2) is 0 Å². The minimum atomic E-state index is -0.222. The third-order valence-electron chi connectivity index (χ3n) is 8.03. The van der Waals surface area contributed by atoms with E-state index in [4.69, 9.17) is 4.74 Å². The Kier molecular flexibility index (Phi) is 6.17. The number of benzene rings is 1. The fraction of sp³-hybridized carbons (Fsp3) is 0.708. The van der Waals surface area contributed by atoms with E-state index in [1.807, 2.05) is 12.1 Å². The minimum absolute atomic E-state index is 0. The molecular weight excluding hydrogens is 403 g/mol. The predicted molar refractivity (Wildman–Crippen MR) is 117 cm³/mol. The van der Waals surface area contributed by atoms with Crippen LogP contribution in [0.1, 0.15) is 57.1 Å². The van der Waals surface area contributed by atoms with Crippen LogP contribution < -0.4 is 5.32 Å². The molecule has 4 aliphatic carbocycles. The molecule has 1 aromatic carbocycles. The van der Waals surface area contributed by atoms with Gasteiger partial charge in [0.1, 0.15) is 5.82 Å². The monoisotopic (exact) mass is 436 g/mol. The predicted octanol–water partition coefficient (Wildman–Crippen LogP) is 4.34. The summed E-state index contributed by atoms with van der Waals surface area (Å²) in [5.74, 6) is 1.51. The molecule has 5 fully saturated rings. The second-order valence-electron chi connectivity index (χ2n) is 10.5. The molecule has 1 N–H and O–H groups in total. The molecule has 1 amide bonds. The van der Waals surface area contributed by atoms with E-state index in [0.29, 0.717) is 25.2 Å². The molecule has 6 heteroatoms. The van der Waals surface area contributed by atoms with Gasteiger partial charge in [-0.15, -0.1) is 12.4 Å². The number of carbonyl (C=O) groups excluding carboxylic acids is 1. The van der Waals surface area contributed by atoms with Crippen LogP contribution in [0, 0.1) is 28.5 Å².